The summed E-state index contributed by atoms with van der Waals surface area (Å²) in [6.45, 7) is 6.70. The van der Waals surface area contributed by atoms with Crippen molar-refractivity contribution in [3.05, 3.63) is 82.3 Å². The second-order valence-corrected chi connectivity index (χ2v) is 9.32. The number of hydrogen-bond donors (Lipinski definition) is 2. The number of benzene rings is 2. The van der Waals surface area contributed by atoms with Gasteiger partial charge in [-0.3, -0.25) is 4.79 Å². The minimum Gasteiger partial charge on any atom is -0.354 e. The summed E-state index contributed by atoms with van der Waals surface area (Å²) in [7, 11) is 1.84. The third-order valence-corrected chi connectivity index (χ3v) is 6.81. The number of rotatable bonds is 4. The monoisotopic (exact) mass is 425 g/mol. The molecule has 2 aromatic heterocycles. The van der Waals surface area contributed by atoms with E-state index in [0.29, 0.717) is 11.8 Å². The Labute approximate surface area is 189 Å². The van der Waals surface area contributed by atoms with Gasteiger partial charge in [0, 0.05) is 35.3 Å². The third kappa shape index (κ3) is 3.69. The van der Waals surface area contributed by atoms with Crippen LogP contribution in [0.2, 0.25) is 0 Å². The summed E-state index contributed by atoms with van der Waals surface area (Å²) in [5, 5.41) is 4.78. The number of fused-ring (bicyclic) bond motifs is 1. The number of piperidine rings is 1. The highest BCUT2D eigenvalue weighted by atomic mass is 16.1. The van der Waals surface area contributed by atoms with Gasteiger partial charge in [-0.05, 0) is 72.7 Å². The van der Waals surface area contributed by atoms with Gasteiger partial charge in [-0.2, -0.15) is 0 Å². The topological polar surface area (TPSA) is 49.8 Å². The zero-order chi connectivity index (χ0) is 22.2. The Morgan fingerprint density at radius 2 is 1.72 bits per heavy atom. The quantitative estimate of drug-likeness (QED) is 0.435. The van der Waals surface area contributed by atoms with Crippen molar-refractivity contribution in [2.75, 3.05) is 13.1 Å². The summed E-state index contributed by atoms with van der Waals surface area (Å²) in [4.78, 5) is 16.6. The van der Waals surface area contributed by atoms with Crippen LogP contribution in [0.5, 0.6) is 0 Å². The Morgan fingerprint density at radius 3 is 2.44 bits per heavy atom. The van der Waals surface area contributed by atoms with Gasteiger partial charge in [0.25, 0.3) is 5.56 Å². The lowest BCUT2D eigenvalue weighted by Gasteiger charge is -2.23. The van der Waals surface area contributed by atoms with Crippen molar-refractivity contribution in [2.45, 2.75) is 38.5 Å². The van der Waals surface area contributed by atoms with Gasteiger partial charge in [-0.1, -0.05) is 50.2 Å². The molecule has 0 atom stereocenters. The zero-order valence-electron chi connectivity index (χ0n) is 19.1. The number of aryl methyl sites for hydroxylation is 1. The Hall–Kier alpha value is -3.11. The Balaban J connectivity index is 1.68. The Kier molecular flexibility index (Phi) is 5.48. The first-order valence-electron chi connectivity index (χ1n) is 11.7. The fourth-order valence-electron chi connectivity index (χ4n) is 5.14. The highest BCUT2D eigenvalue weighted by Crippen LogP contribution is 2.38. The van der Waals surface area contributed by atoms with Gasteiger partial charge in [-0.15, -0.1) is 0 Å². The summed E-state index contributed by atoms with van der Waals surface area (Å²) in [5.74, 6) is 0.987. The lowest BCUT2D eigenvalue weighted by Crippen LogP contribution is -2.26. The van der Waals surface area contributed by atoms with E-state index in [1.165, 1.54) is 29.4 Å². The molecule has 1 aliphatic heterocycles. The average Bonchev–Trinajstić information content (AvgIpc) is 3.21. The minimum atomic E-state index is 0.0235. The number of nitrogens with zero attached hydrogens (tertiary/aromatic N) is 1. The Morgan fingerprint density at radius 1 is 0.969 bits per heavy atom. The van der Waals surface area contributed by atoms with Crippen LogP contribution >= 0.6 is 0 Å². The largest absolute Gasteiger partial charge is 0.354 e. The van der Waals surface area contributed by atoms with E-state index in [0.717, 1.165) is 41.0 Å². The highest BCUT2D eigenvalue weighted by Gasteiger charge is 2.21. The van der Waals surface area contributed by atoms with E-state index in [9.17, 15) is 4.79 Å². The smallest absolute Gasteiger partial charge is 0.258 e. The predicted molar refractivity (Wildman–Crippen MR) is 133 cm³/mol. The maximum absolute atomic E-state index is 12.9. The minimum absolute atomic E-state index is 0.0235. The first-order chi connectivity index (χ1) is 15.5. The van der Waals surface area contributed by atoms with Crippen LogP contribution in [0.4, 0.5) is 0 Å². The molecule has 1 aliphatic rings. The molecule has 0 saturated carbocycles. The molecular formula is C28H31N3O. The van der Waals surface area contributed by atoms with Gasteiger partial charge < -0.3 is 14.9 Å². The molecule has 0 amide bonds. The fourth-order valence-corrected chi connectivity index (χ4v) is 5.14. The second kappa shape index (κ2) is 8.44. The molecule has 0 unspecified atom stereocenters. The number of pyridine rings is 1. The molecule has 1 fully saturated rings. The number of hydrogen-bond acceptors (Lipinski definition) is 2. The summed E-state index contributed by atoms with van der Waals surface area (Å²) in [6, 6.07) is 18.9. The van der Waals surface area contributed by atoms with Crippen molar-refractivity contribution in [3.63, 3.8) is 0 Å². The lowest BCUT2D eigenvalue weighted by atomic mass is 9.88. The number of aromatic nitrogens is 2. The molecule has 4 aromatic rings. The zero-order valence-corrected chi connectivity index (χ0v) is 19.1. The van der Waals surface area contributed by atoms with Crippen molar-refractivity contribution in [1.29, 1.82) is 0 Å². The standard InChI is InChI=1S/C28H31N3O/c1-18(2)26-24-15-21(19-11-13-29-14-12-19)9-10-25(24)30-27(26)22-16-23(28(32)31(3)17-22)20-7-5-4-6-8-20/h4-10,15-19,29-30H,11-14H2,1-3H3. The van der Waals surface area contributed by atoms with Crippen molar-refractivity contribution in [3.8, 4) is 22.4 Å². The third-order valence-electron chi connectivity index (χ3n) is 6.81. The first kappa shape index (κ1) is 20.8. The van der Waals surface area contributed by atoms with E-state index < -0.39 is 0 Å². The molecule has 1 saturated heterocycles. The maximum atomic E-state index is 12.9. The van der Waals surface area contributed by atoms with Crippen LogP contribution < -0.4 is 10.9 Å². The number of H-pyrrole nitrogens is 1. The molecule has 0 spiro atoms. The maximum Gasteiger partial charge on any atom is 0.258 e. The van der Waals surface area contributed by atoms with E-state index in [-0.39, 0.29) is 5.56 Å². The van der Waals surface area contributed by atoms with Crippen LogP contribution in [0, 0.1) is 0 Å². The van der Waals surface area contributed by atoms with E-state index in [4.69, 9.17) is 0 Å². The van der Waals surface area contributed by atoms with Gasteiger partial charge in [0.05, 0.1) is 5.69 Å². The van der Waals surface area contributed by atoms with Crippen LogP contribution in [0.1, 0.15) is 49.7 Å². The molecule has 5 rings (SSSR count). The summed E-state index contributed by atoms with van der Waals surface area (Å²) in [5.41, 5.74) is 7.80. The number of nitrogens with one attached hydrogen (secondary N) is 2. The fraction of sp³-hybridized carbons (Fsp3) is 0.321. The molecule has 32 heavy (non-hydrogen) atoms. The van der Waals surface area contributed by atoms with Gasteiger partial charge >= 0.3 is 0 Å². The van der Waals surface area contributed by atoms with Gasteiger partial charge in [-0.25, -0.2) is 0 Å². The van der Waals surface area contributed by atoms with Crippen LogP contribution in [-0.4, -0.2) is 22.6 Å². The van der Waals surface area contributed by atoms with Crippen LogP contribution in [0.3, 0.4) is 0 Å². The normalized spacial score (nSPS) is 15.0. The van der Waals surface area contributed by atoms with Gasteiger partial charge in [0.2, 0.25) is 0 Å². The van der Waals surface area contributed by atoms with Gasteiger partial charge in [0.15, 0.2) is 0 Å². The molecule has 0 bridgehead atoms. The predicted octanol–water partition coefficient (Wildman–Crippen LogP) is 5.79. The highest BCUT2D eigenvalue weighted by molar-refractivity contribution is 5.92. The van der Waals surface area contributed by atoms with Crippen molar-refractivity contribution in [1.82, 2.24) is 14.9 Å². The molecule has 4 heteroatoms. The molecule has 164 valence electrons. The van der Waals surface area contributed by atoms with Crippen molar-refractivity contribution < 1.29 is 0 Å². The van der Waals surface area contributed by atoms with E-state index in [1.807, 2.05) is 49.6 Å². The van der Waals surface area contributed by atoms with Crippen molar-refractivity contribution >= 4 is 10.9 Å². The number of aromatic amines is 1. The lowest BCUT2D eigenvalue weighted by molar-refractivity contribution is 0.460. The van der Waals surface area contributed by atoms with Gasteiger partial charge in [0.1, 0.15) is 0 Å². The molecule has 0 aliphatic carbocycles. The average molecular weight is 426 g/mol. The van der Waals surface area contributed by atoms with E-state index in [2.05, 4.69) is 42.3 Å². The Bertz CT molecular complexity index is 1310. The summed E-state index contributed by atoms with van der Waals surface area (Å²) < 4.78 is 1.70. The molecule has 4 nitrogen and oxygen atoms in total. The second-order valence-electron chi connectivity index (χ2n) is 9.32. The molecule has 2 N–H and O–H groups in total. The summed E-state index contributed by atoms with van der Waals surface area (Å²) in [6.07, 6.45) is 4.35. The van der Waals surface area contributed by atoms with E-state index in [1.54, 1.807) is 4.57 Å². The van der Waals surface area contributed by atoms with Crippen LogP contribution in [0.25, 0.3) is 33.3 Å². The first-order valence-corrected chi connectivity index (χ1v) is 11.7. The molecule has 3 heterocycles. The van der Waals surface area contributed by atoms with Crippen molar-refractivity contribution in [2.24, 2.45) is 7.05 Å². The molecule has 2 aromatic carbocycles. The van der Waals surface area contributed by atoms with Crippen LogP contribution in [0.15, 0.2) is 65.6 Å². The molecule has 0 radical (unpaired) electrons. The molecular weight excluding hydrogens is 394 g/mol. The SMILES string of the molecule is CC(C)c1c(-c2cc(-c3ccccc3)c(=O)n(C)c2)[nH]c2ccc(C3CCNCC3)cc12. The van der Waals surface area contributed by atoms with Crippen LogP contribution in [-0.2, 0) is 7.05 Å². The van der Waals surface area contributed by atoms with E-state index >= 15 is 0 Å². The summed E-state index contributed by atoms with van der Waals surface area (Å²) >= 11 is 0.